The number of hydrazone groups is 1. The van der Waals surface area contributed by atoms with Gasteiger partial charge in [0.25, 0.3) is 5.91 Å². The summed E-state index contributed by atoms with van der Waals surface area (Å²) in [4.78, 5) is 12.3. The number of hydrogen-bond acceptors (Lipinski definition) is 5. The highest BCUT2D eigenvalue weighted by Gasteiger charge is 2.16. The zero-order valence-corrected chi connectivity index (χ0v) is 16.1. The third-order valence-electron chi connectivity index (χ3n) is 4.35. The predicted octanol–water partition coefficient (Wildman–Crippen LogP) is 3.52. The van der Waals surface area contributed by atoms with Gasteiger partial charge in [-0.2, -0.15) is 10.2 Å². The van der Waals surface area contributed by atoms with Gasteiger partial charge in [-0.05, 0) is 42.8 Å². The van der Waals surface area contributed by atoms with Crippen LogP contribution in [-0.4, -0.2) is 28.7 Å². The Morgan fingerprint density at radius 2 is 2.03 bits per heavy atom. The number of nitrogens with one attached hydrogen (secondary N) is 1. The van der Waals surface area contributed by atoms with Gasteiger partial charge < -0.3 is 9.47 Å². The summed E-state index contributed by atoms with van der Waals surface area (Å²) < 4.78 is 25.1. The average molecular weight is 415 g/mol. The molecule has 1 aliphatic heterocycles. The van der Waals surface area contributed by atoms with Crippen LogP contribution in [0.3, 0.4) is 0 Å². The van der Waals surface area contributed by atoms with Crippen LogP contribution in [-0.2, 0) is 6.54 Å². The van der Waals surface area contributed by atoms with Gasteiger partial charge in [0.1, 0.15) is 11.0 Å². The second kappa shape index (κ2) is 7.92. The summed E-state index contributed by atoms with van der Waals surface area (Å²) in [6.07, 6.45) is 1.44. The molecular weight excluding hydrogens is 399 g/mol. The number of carbonyl (C=O) groups excluding carboxylic acids is 1. The number of benzene rings is 2. The molecule has 1 aliphatic rings. The zero-order chi connectivity index (χ0) is 20.4. The van der Waals surface area contributed by atoms with Gasteiger partial charge in [0.2, 0.25) is 6.79 Å². The van der Waals surface area contributed by atoms with Crippen molar-refractivity contribution >= 4 is 23.7 Å². The number of halogens is 2. The van der Waals surface area contributed by atoms with Crippen LogP contribution < -0.4 is 14.9 Å². The summed E-state index contributed by atoms with van der Waals surface area (Å²) >= 11 is 6.40. The molecule has 1 amide bonds. The topological polar surface area (TPSA) is 77.7 Å². The molecule has 148 valence electrons. The summed E-state index contributed by atoms with van der Waals surface area (Å²) in [6, 6.07) is 11.0. The fourth-order valence-electron chi connectivity index (χ4n) is 2.84. The summed E-state index contributed by atoms with van der Waals surface area (Å²) in [5, 5.41) is 8.73. The second-order valence-corrected chi connectivity index (χ2v) is 6.70. The molecular formula is C20H16ClFN4O3. The van der Waals surface area contributed by atoms with E-state index in [0.29, 0.717) is 40.0 Å². The second-order valence-electron chi connectivity index (χ2n) is 6.34. The molecule has 4 rings (SSSR count). The van der Waals surface area contributed by atoms with Gasteiger partial charge >= 0.3 is 0 Å². The quantitative estimate of drug-likeness (QED) is 0.512. The molecule has 3 aromatic rings. The Kier molecular flexibility index (Phi) is 5.18. The first kappa shape index (κ1) is 18.9. The lowest BCUT2D eigenvalue weighted by atomic mass is 10.2. The highest BCUT2D eigenvalue weighted by atomic mass is 35.5. The van der Waals surface area contributed by atoms with Crippen molar-refractivity contribution in [3.63, 3.8) is 0 Å². The van der Waals surface area contributed by atoms with Crippen molar-refractivity contribution in [2.45, 2.75) is 13.5 Å². The monoisotopic (exact) mass is 414 g/mol. The van der Waals surface area contributed by atoms with Crippen molar-refractivity contribution in [3.8, 4) is 11.5 Å². The molecule has 9 heteroatoms. The van der Waals surface area contributed by atoms with Gasteiger partial charge in [-0.1, -0.05) is 23.7 Å². The van der Waals surface area contributed by atoms with Crippen LogP contribution in [0.1, 0.15) is 27.2 Å². The fraction of sp³-hybridized carbons (Fsp3) is 0.150. The van der Waals surface area contributed by atoms with E-state index >= 15 is 0 Å². The van der Waals surface area contributed by atoms with Crippen molar-refractivity contribution in [3.05, 3.63) is 75.8 Å². The predicted molar refractivity (Wildman–Crippen MR) is 105 cm³/mol. The van der Waals surface area contributed by atoms with Gasteiger partial charge in [0.05, 0.1) is 24.0 Å². The lowest BCUT2D eigenvalue weighted by Gasteiger charge is -2.03. The van der Waals surface area contributed by atoms with Crippen molar-refractivity contribution < 1.29 is 18.7 Å². The van der Waals surface area contributed by atoms with Crippen LogP contribution in [0.15, 0.2) is 47.6 Å². The summed E-state index contributed by atoms with van der Waals surface area (Å²) in [6.45, 7) is 2.31. The standard InChI is InChI=1S/C20H16ClFN4O3/c1-12-16(19(21)26(25-12)10-13-2-5-15(22)6-3-13)9-23-24-20(27)14-4-7-17-18(8-14)29-11-28-17/h2-9H,10-11H2,1H3,(H,24,27)/b23-9+. The number of fused-ring (bicyclic) bond motifs is 1. The number of ether oxygens (including phenoxy) is 2. The van der Waals surface area contributed by atoms with E-state index in [-0.39, 0.29) is 12.6 Å². The number of hydrogen-bond donors (Lipinski definition) is 1. The maximum Gasteiger partial charge on any atom is 0.271 e. The molecule has 0 bridgehead atoms. The van der Waals surface area contributed by atoms with Crippen molar-refractivity contribution in [1.29, 1.82) is 0 Å². The molecule has 0 atom stereocenters. The van der Waals surface area contributed by atoms with Crippen LogP contribution >= 0.6 is 11.6 Å². The lowest BCUT2D eigenvalue weighted by Crippen LogP contribution is -2.17. The first-order chi connectivity index (χ1) is 14.0. The van der Waals surface area contributed by atoms with E-state index in [1.165, 1.54) is 18.3 Å². The Morgan fingerprint density at radius 3 is 2.83 bits per heavy atom. The molecule has 7 nitrogen and oxygen atoms in total. The molecule has 0 aliphatic carbocycles. The van der Waals surface area contributed by atoms with E-state index in [1.54, 1.807) is 41.9 Å². The van der Waals surface area contributed by atoms with Gasteiger partial charge in [0, 0.05) is 5.56 Å². The van der Waals surface area contributed by atoms with E-state index in [4.69, 9.17) is 21.1 Å². The van der Waals surface area contributed by atoms with Crippen LogP contribution in [0.5, 0.6) is 11.5 Å². The van der Waals surface area contributed by atoms with Gasteiger partial charge in [-0.15, -0.1) is 0 Å². The Balaban J connectivity index is 1.45. The smallest absolute Gasteiger partial charge is 0.271 e. The van der Waals surface area contributed by atoms with Crippen LogP contribution in [0.4, 0.5) is 4.39 Å². The molecule has 2 aromatic carbocycles. The Morgan fingerprint density at radius 1 is 1.28 bits per heavy atom. The van der Waals surface area contributed by atoms with E-state index in [2.05, 4.69) is 15.6 Å². The Bertz CT molecular complexity index is 1100. The number of carbonyl (C=O) groups is 1. The molecule has 1 aromatic heterocycles. The average Bonchev–Trinajstić information content (AvgIpc) is 3.28. The minimum absolute atomic E-state index is 0.137. The van der Waals surface area contributed by atoms with Gasteiger partial charge in [-0.25, -0.2) is 14.5 Å². The third kappa shape index (κ3) is 4.07. The Hall–Kier alpha value is -3.39. The summed E-state index contributed by atoms with van der Waals surface area (Å²) in [5.41, 5.74) is 4.94. The van der Waals surface area contributed by atoms with Crippen molar-refractivity contribution in [1.82, 2.24) is 15.2 Å². The molecule has 0 radical (unpaired) electrons. The first-order valence-corrected chi connectivity index (χ1v) is 9.09. The number of aryl methyl sites for hydroxylation is 1. The maximum atomic E-state index is 13.1. The molecule has 0 unspecified atom stereocenters. The highest BCUT2D eigenvalue weighted by molar-refractivity contribution is 6.32. The van der Waals surface area contributed by atoms with E-state index < -0.39 is 5.91 Å². The highest BCUT2D eigenvalue weighted by Crippen LogP contribution is 2.32. The molecule has 0 fully saturated rings. The SMILES string of the molecule is Cc1nn(Cc2ccc(F)cc2)c(Cl)c1/C=N/NC(=O)c1ccc2c(c1)OCO2. The normalized spacial score (nSPS) is 12.5. The van der Waals surface area contributed by atoms with Crippen LogP contribution in [0.2, 0.25) is 5.15 Å². The van der Waals surface area contributed by atoms with E-state index in [9.17, 15) is 9.18 Å². The van der Waals surface area contributed by atoms with Crippen LogP contribution in [0, 0.1) is 12.7 Å². The van der Waals surface area contributed by atoms with Gasteiger partial charge in [0.15, 0.2) is 11.5 Å². The van der Waals surface area contributed by atoms with Crippen molar-refractivity contribution in [2.75, 3.05) is 6.79 Å². The first-order valence-electron chi connectivity index (χ1n) is 8.71. The number of nitrogens with zero attached hydrogens (tertiary/aromatic N) is 3. The molecule has 0 spiro atoms. The molecule has 0 saturated heterocycles. The third-order valence-corrected chi connectivity index (χ3v) is 4.75. The zero-order valence-electron chi connectivity index (χ0n) is 15.4. The minimum Gasteiger partial charge on any atom is -0.454 e. The molecule has 29 heavy (non-hydrogen) atoms. The van der Waals surface area contributed by atoms with Crippen LogP contribution in [0.25, 0.3) is 0 Å². The number of aromatic nitrogens is 2. The molecule has 1 N–H and O–H groups in total. The van der Waals surface area contributed by atoms with E-state index in [1.807, 2.05) is 0 Å². The molecule has 0 saturated carbocycles. The summed E-state index contributed by atoms with van der Waals surface area (Å²) in [5.74, 6) is 0.415. The Labute approximate surface area is 170 Å². The fourth-order valence-corrected chi connectivity index (χ4v) is 3.12. The number of amides is 1. The largest absolute Gasteiger partial charge is 0.454 e. The van der Waals surface area contributed by atoms with Crippen molar-refractivity contribution in [2.24, 2.45) is 5.10 Å². The van der Waals surface area contributed by atoms with E-state index in [0.717, 1.165) is 5.56 Å². The number of rotatable bonds is 5. The maximum absolute atomic E-state index is 13.1. The minimum atomic E-state index is -0.396. The molecule has 2 heterocycles. The lowest BCUT2D eigenvalue weighted by molar-refractivity contribution is 0.0954. The van der Waals surface area contributed by atoms with Gasteiger partial charge in [-0.3, -0.25) is 4.79 Å². The summed E-state index contributed by atoms with van der Waals surface area (Å²) in [7, 11) is 0.